The summed E-state index contributed by atoms with van der Waals surface area (Å²) in [6.45, 7) is 3.79. The van der Waals surface area contributed by atoms with E-state index in [0.29, 0.717) is 18.9 Å². The number of rotatable bonds is 6. The van der Waals surface area contributed by atoms with Crippen molar-refractivity contribution in [1.82, 2.24) is 10.2 Å². The maximum atomic E-state index is 12.0. The Labute approximate surface area is 121 Å². The Kier molecular flexibility index (Phi) is 5.54. The van der Waals surface area contributed by atoms with Gasteiger partial charge in [0.05, 0.1) is 13.2 Å². The second-order valence-electron chi connectivity index (χ2n) is 6.07. The molecule has 0 radical (unpaired) electrons. The number of nitrogens with one attached hydrogen (secondary N) is 1. The largest absolute Gasteiger partial charge is 0.383 e. The van der Waals surface area contributed by atoms with Gasteiger partial charge in [0.2, 0.25) is 5.91 Å². The van der Waals surface area contributed by atoms with Gasteiger partial charge >= 0.3 is 0 Å². The maximum Gasteiger partial charge on any atom is 0.234 e. The minimum atomic E-state index is 0.0293. The number of ether oxygens (including phenoxy) is 1. The summed E-state index contributed by atoms with van der Waals surface area (Å²) in [5.74, 6) is 0.601. The summed E-state index contributed by atoms with van der Waals surface area (Å²) in [7, 11) is 1.63. The van der Waals surface area contributed by atoms with Crippen molar-refractivity contribution in [3.63, 3.8) is 0 Å². The lowest BCUT2D eigenvalue weighted by Crippen LogP contribution is -2.46. The van der Waals surface area contributed by atoms with E-state index in [1.165, 1.54) is 0 Å². The summed E-state index contributed by atoms with van der Waals surface area (Å²) in [4.78, 5) is 26.1. The van der Waals surface area contributed by atoms with E-state index >= 15 is 0 Å². The molecule has 1 aliphatic carbocycles. The first-order valence-corrected chi connectivity index (χ1v) is 7.67. The average Bonchev–Trinajstić information content (AvgIpc) is 2.97. The van der Waals surface area contributed by atoms with Gasteiger partial charge in [-0.05, 0) is 39.2 Å². The molecule has 0 aromatic rings. The second kappa shape index (κ2) is 7.18. The van der Waals surface area contributed by atoms with Crippen LogP contribution in [0.4, 0.5) is 0 Å². The maximum absolute atomic E-state index is 12.0. The molecule has 1 saturated carbocycles. The highest BCUT2D eigenvalue weighted by Gasteiger charge is 2.38. The smallest absolute Gasteiger partial charge is 0.234 e. The summed E-state index contributed by atoms with van der Waals surface area (Å²) in [6, 6.07) is 0.315. The van der Waals surface area contributed by atoms with Crippen LogP contribution in [0.1, 0.15) is 39.0 Å². The molecule has 2 aliphatic rings. The van der Waals surface area contributed by atoms with Crippen molar-refractivity contribution >= 4 is 11.7 Å². The lowest BCUT2D eigenvalue weighted by Gasteiger charge is -2.28. The van der Waals surface area contributed by atoms with Crippen LogP contribution in [0.25, 0.3) is 0 Å². The van der Waals surface area contributed by atoms with Gasteiger partial charge in [0, 0.05) is 31.5 Å². The van der Waals surface area contributed by atoms with Gasteiger partial charge in [-0.3, -0.25) is 14.5 Å². The molecule has 3 atom stereocenters. The molecule has 5 nitrogen and oxygen atoms in total. The highest BCUT2D eigenvalue weighted by Crippen LogP contribution is 2.32. The molecule has 1 aliphatic heterocycles. The number of hydrogen-bond donors (Lipinski definition) is 1. The fourth-order valence-corrected chi connectivity index (χ4v) is 3.55. The molecule has 3 unspecified atom stereocenters. The third-order valence-corrected chi connectivity index (χ3v) is 4.40. The predicted octanol–water partition coefficient (Wildman–Crippen LogP) is 0.971. The van der Waals surface area contributed by atoms with Crippen molar-refractivity contribution in [3.05, 3.63) is 0 Å². The standard InChI is InChI=1S/C15H26N2O3/c1-11(10-20-2)16-15(19)9-17-8-4-6-13(17)12-5-3-7-14(12)18/h11-13H,3-10H2,1-2H3,(H,16,19). The number of likely N-dealkylation sites (tertiary alicyclic amines) is 1. The van der Waals surface area contributed by atoms with Crippen LogP contribution in [0.15, 0.2) is 0 Å². The van der Waals surface area contributed by atoms with Gasteiger partial charge in [0.1, 0.15) is 5.78 Å². The first kappa shape index (κ1) is 15.4. The third kappa shape index (κ3) is 3.79. The van der Waals surface area contributed by atoms with Crippen molar-refractivity contribution in [2.24, 2.45) is 5.92 Å². The number of nitrogens with zero attached hydrogens (tertiary/aromatic N) is 1. The normalized spacial score (nSPS) is 28.8. The molecule has 2 rings (SSSR count). The molecule has 1 heterocycles. The molecule has 1 N–H and O–H groups in total. The molecular formula is C15H26N2O3. The number of ketones is 1. The first-order chi connectivity index (χ1) is 9.61. The summed E-state index contributed by atoms with van der Waals surface area (Å²) in [6.07, 6.45) is 4.89. The molecule has 0 aromatic heterocycles. The zero-order chi connectivity index (χ0) is 14.5. The van der Waals surface area contributed by atoms with Gasteiger partial charge < -0.3 is 10.1 Å². The van der Waals surface area contributed by atoms with E-state index in [4.69, 9.17) is 4.74 Å². The number of carbonyl (C=O) groups excluding carboxylic acids is 2. The van der Waals surface area contributed by atoms with Gasteiger partial charge in [0.25, 0.3) is 0 Å². The summed E-state index contributed by atoms with van der Waals surface area (Å²) in [5.41, 5.74) is 0. The predicted molar refractivity (Wildman–Crippen MR) is 76.4 cm³/mol. The van der Waals surface area contributed by atoms with Gasteiger partial charge in [-0.15, -0.1) is 0 Å². The third-order valence-electron chi connectivity index (χ3n) is 4.40. The van der Waals surface area contributed by atoms with Crippen LogP contribution in [-0.2, 0) is 14.3 Å². The van der Waals surface area contributed by atoms with Crippen molar-refractivity contribution in [2.75, 3.05) is 26.8 Å². The zero-order valence-electron chi connectivity index (χ0n) is 12.6. The summed E-state index contributed by atoms with van der Waals surface area (Å²) >= 11 is 0. The number of carbonyl (C=O) groups is 2. The number of methoxy groups -OCH3 is 1. The Bertz CT molecular complexity index is 359. The second-order valence-corrected chi connectivity index (χ2v) is 6.07. The monoisotopic (exact) mass is 282 g/mol. The molecule has 1 amide bonds. The fraction of sp³-hybridized carbons (Fsp3) is 0.867. The van der Waals surface area contributed by atoms with Crippen LogP contribution >= 0.6 is 0 Å². The van der Waals surface area contributed by atoms with Crippen LogP contribution in [0.5, 0.6) is 0 Å². The minimum absolute atomic E-state index is 0.0293. The SMILES string of the molecule is COCC(C)NC(=O)CN1CCCC1C1CCCC1=O. The van der Waals surface area contributed by atoms with Crippen molar-refractivity contribution in [3.8, 4) is 0 Å². The van der Waals surface area contributed by atoms with Gasteiger partial charge in [0.15, 0.2) is 0 Å². The Morgan fingerprint density at radius 1 is 1.45 bits per heavy atom. The number of hydrogen-bond acceptors (Lipinski definition) is 4. The van der Waals surface area contributed by atoms with Crippen LogP contribution in [-0.4, -0.2) is 55.5 Å². The molecular weight excluding hydrogens is 256 g/mol. The Balaban J connectivity index is 1.84. The molecule has 0 bridgehead atoms. The van der Waals surface area contributed by atoms with Crippen LogP contribution < -0.4 is 5.32 Å². The number of amides is 1. The molecule has 0 spiro atoms. The average molecular weight is 282 g/mol. The van der Waals surface area contributed by atoms with Crippen LogP contribution in [0.2, 0.25) is 0 Å². The molecule has 0 aromatic carbocycles. The van der Waals surface area contributed by atoms with Crippen molar-refractivity contribution < 1.29 is 14.3 Å². The number of Topliss-reactive ketones (excluding diaryl/α,β-unsaturated/α-hetero) is 1. The summed E-state index contributed by atoms with van der Waals surface area (Å²) in [5, 5.41) is 2.94. The zero-order valence-corrected chi connectivity index (χ0v) is 12.6. The van der Waals surface area contributed by atoms with E-state index in [9.17, 15) is 9.59 Å². The highest BCUT2D eigenvalue weighted by atomic mass is 16.5. The minimum Gasteiger partial charge on any atom is -0.383 e. The van der Waals surface area contributed by atoms with Crippen molar-refractivity contribution in [2.45, 2.75) is 51.1 Å². The lowest BCUT2D eigenvalue weighted by molar-refractivity contribution is -0.126. The van der Waals surface area contributed by atoms with E-state index in [1.807, 2.05) is 6.92 Å². The Morgan fingerprint density at radius 2 is 2.25 bits per heavy atom. The molecule has 114 valence electrons. The Hall–Kier alpha value is -0.940. The van der Waals surface area contributed by atoms with E-state index in [1.54, 1.807) is 7.11 Å². The topological polar surface area (TPSA) is 58.6 Å². The van der Waals surface area contributed by atoms with Crippen LogP contribution in [0.3, 0.4) is 0 Å². The fourth-order valence-electron chi connectivity index (χ4n) is 3.55. The molecule has 1 saturated heterocycles. The van der Waals surface area contributed by atoms with Gasteiger partial charge in [-0.1, -0.05) is 0 Å². The van der Waals surface area contributed by atoms with E-state index in [0.717, 1.165) is 38.6 Å². The highest BCUT2D eigenvalue weighted by molar-refractivity contribution is 5.84. The van der Waals surface area contributed by atoms with Gasteiger partial charge in [-0.25, -0.2) is 0 Å². The molecule has 20 heavy (non-hydrogen) atoms. The molecule has 2 fully saturated rings. The Morgan fingerprint density at radius 3 is 2.90 bits per heavy atom. The van der Waals surface area contributed by atoms with Crippen LogP contribution in [0, 0.1) is 5.92 Å². The van der Waals surface area contributed by atoms with Gasteiger partial charge in [-0.2, -0.15) is 0 Å². The first-order valence-electron chi connectivity index (χ1n) is 7.67. The lowest BCUT2D eigenvalue weighted by atomic mass is 9.95. The summed E-state index contributed by atoms with van der Waals surface area (Å²) < 4.78 is 5.02. The quantitative estimate of drug-likeness (QED) is 0.789. The molecule has 5 heteroatoms. The van der Waals surface area contributed by atoms with E-state index < -0.39 is 0 Å². The van der Waals surface area contributed by atoms with E-state index in [2.05, 4.69) is 10.2 Å². The van der Waals surface area contributed by atoms with E-state index in [-0.39, 0.29) is 23.9 Å². The van der Waals surface area contributed by atoms with Crippen molar-refractivity contribution in [1.29, 1.82) is 0 Å².